The number of halogens is 2. The van der Waals surface area contributed by atoms with Gasteiger partial charge >= 0.3 is 0 Å². The topological polar surface area (TPSA) is 26.0 Å². The Bertz CT molecular complexity index is 273. The molecule has 0 aliphatic carbocycles. The van der Waals surface area contributed by atoms with E-state index in [1.54, 1.807) is 6.07 Å². The summed E-state index contributed by atoms with van der Waals surface area (Å²) in [4.78, 5) is 0. The third kappa shape index (κ3) is 2.57. The van der Waals surface area contributed by atoms with Crippen LogP contribution >= 0.6 is 15.9 Å². The zero-order valence-electron chi connectivity index (χ0n) is 6.85. The Labute approximate surface area is 79.9 Å². The first-order valence-corrected chi connectivity index (χ1v) is 4.58. The highest BCUT2D eigenvalue weighted by Crippen LogP contribution is 2.16. The fraction of sp³-hybridized carbons (Fsp3) is 0.333. The van der Waals surface area contributed by atoms with E-state index in [1.165, 1.54) is 6.07 Å². The SMILES string of the molecule is CC(N)Cc1ccc(Br)c(F)c1. The number of nitrogens with two attached hydrogens (primary N) is 1. The highest BCUT2D eigenvalue weighted by molar-refractivity contribution is 9.10. The Kier molecular flexibility index (Phi) is 3.23. The Morgan fingerprint density at radius 3 is 2.75 bits per heavy atom. The fourth-order valence-electron chi connectivity index (χ4n) is 1.04. The first-order valence-electron chi connectivity index (χ1n) is 3.79. The van der Waals surface area contributed by atoms with Gasteiger partial charge in [0.1, 0.15) is 5.82 Å². The molecule has 0 aliphatic rings. The standard InChI is InChI=1S/C9H11BrFN/c1-6(12)4-7-2-3-8(10)9(11)5-7/h2-3,5-6H,4,12H2,1H3. The van der Waals surface area contributed by atoms with E-state index in [1.807, 2.05) is 13.0 Å². The van der Waals surface area contributed by atoms with Crippen molar-refractivity contribution in [3.8, 4) is 0 Å². The summed E-state index contributed by atoms with van der Waals surface area (Å²) in [5, 5.41) is 0. The lowest BCUT2D eigenvalue weighted by molar-refractivity contribution is 0.616. The van der Waals surface area contributed by atoms with Crippen molar-refractivity contribution in [2.45, 2.75) is 19.4 Å². The molecule has 1 aromatic rings. The normalized spacial score (nSPS) is 13.0. The van der Waals surface area contributed by atoms with Crippen molar-refractivity contribution in [2.75, 3.05) is 0 Å². The van der Waals surface area contributed by atoms with E-state index in [0.29, 0.717) is 10.9 Å². The van der Waals surface area contributed by atoms with Gasteiger partial charge in [-0.15, -0.1) is 0 Å². The molecule has 0 bridgehead atoms. The van der Waals surface area contributed by atoms with Gasteiger partial charge in [0.15, 0.2) is 0 Å². The van der Waals surface area contributed by atoms with E-state index in [4.69, 9.17) is 5.73 Å². The molecule has 12 heavy (non-hydrogen) atoms. The average molecular weight is 232 g/mol. The molecule has 1 aromatic carbocycles. The second-order valence-electron chi connectivity index (χ2n) is 2.93. The zero-order chi connectivity index (χ0) is 9.14. The largest absolute Gasteiger partial charge is 0.328 e. The molecule has 0 radical (unpaired) electrons. The van der Waals surface area contributed by atoms with E-state index < -0.39 is 0 Å². The molecule has 1 atom stereocenters. The van der Waals surface area contributed by atoms with Gasteiger partial charge < -0.3 is 5.73 Å². The molecule has 1 unspecified atom stereocenters. The minimum atomic E-state index is -0.229. The van der Waals surface area contributed by atoms with Crippen molar-refractivity contribution < 1.29 is 4.39 Å². The predicted molar refractivity (Wildman–Crippen MR) is 51.5 cm³/mol. The molecule has 2 N–H and O–H groups in total. The van der Waals surface area contributed by atoms with Crippen LogP contribution in [0.3, 0.4) is 0 Å². The van der Waals surface area contributed by atoms with Crippen molar-refractivity contribution in [1.29, 1.82) is 0 Å². The second kappa shape index (κ2) is 4.01. The van der Waals surface area contributed by atoms with E-state index in [9.17, 15) is 4.39 Å². The minimum absolute atomic E-state index is 0.0746. The van der Waals surface area contributed by atoms with E-state index in [-0.39, 0.29) is 11.9 Å². The van der Waals surface area contributed by atoms with Crippen LogP contribution in [-0.2, 0) is 6.42 Å². The van der Waals surface area contributed by atoms with Crippen LogP contribution in [-0.4, -0.2) is 6.04 Å². The van der Waals surface area contributed by atoms with Crippen molar-refractivity contribution in [1.82, 2.24) is 0 Å². The van der Waals surface area contributed by atoms with Gasteiger partial charge in [-0.25, -0.2) is 4.39 Å². The van der Waals surface area contributed by atoms with E-state index >= 15 is 0 Å². The Hall–Kier alpha value is -0.410. The molecule has 0 fully saturated rings. The van der Waals surface area contributed by atoms with Gasteiger partial charge in [-0.1, -0.05) is 6.07 Å². The number of benzene rings is 1. The first-order chi connectivity index (χ1) is 5.59. The molecule has 0 heterocycles. The minimum Gasteiger partial charge on any atom is -0.328 e. The number of rotatable bonds is 2. The van der Waals surface area contributed by atoms with Gasteiger partial charge in [0.25, 0.3) is 0 Å². The smallest absolute Gasteiger partial charge is 0.137 e. The maximum Gasteiger partial charge on any atom is 0.137 e. The molecule has 66 valence electrons. The molecule has 1 nitrogen and oxygen atoms in total. The molecule has 0 aromatic heterocycles. The molecule has 0 spiro atoms. The lowest BCUT2D eigenvalue weighted by atomic mass is 10.1. The summed E-state index contributed by atoms with van der Waals surface area (Å²) < 4.78 is 13.4. The summed E-state index contributed by atoms with van der Waals surface area (Å²) in [5.41, 5.74) is 6.51. The van der Waals surface area contributed by atoms with Crippen LogP contribution in [0.25, 0.3) is 0 Å². The van der Waals surface area contributed by atoms with Crippen molar-refractivity contribution >= 4 is 15.9 Å². The molecule has 0 saturated carbocycles. The Morgan fingerprint density at radius 1 is 1.58 bits per heavy atom. The van der Waals surface area contributed by atoms with Crippen LogP contribution in [0.4, 0.5) is 4.39 Å². The van der Waals surface area contributed by atoms with Crippen LogP contribution in [0.1, 0.15) is 12.5 Å². The lowest BCUT2D eigenvalue weighted by Crippen LogP contribution is -2.17. The maximum atomic E-state index is 12.9. The zero-order valence-corrected chi connectivity index (χ0v) is 8.44. The molecule has 1 rings (SSSR count). The molecule has 0 aliphatic heterocycles. The Balaban J connectivity index is 2.82. The summed E-state index contributed by atoms with van der Waals surface area (Å²) in [5.74, 6) is -0.229. The molecule has 0 amide bonds. The quantitative estimate of drug-likeness (QED) is 0.832. The second-order valence-corrected chi connectivity index (χ2v) is 3.78. The summed E-state index contributed by atoms with van der Waals surface area (Å²) in [6.07, 6.45) is 0.712. The Morgan fingerprint density at radius 2 is 2.25 bits per heavy atom. The van der Waals surface area contributed by atoms with Gasteiger partial charge in [0.2, 0.25) is 0 Å². The third-order valence-corrected chi connectivity index (χ3v) is 2.18. The monoisotopic (exact) mass is 231 g/mol. The van der Waals surface area contributed by atoms with Gasteiger partial charge in [0, 0.05) is 6.04 Å². The average Bonchev–Trinajstić information content (AvgIpc) is 1.96. The van der Waals surface area contributed by atoms with Crippen LogP contribution in [0, 0.1) is 5.82 Å². The molecular weight excluding hydrogens is 221 g/mol. The first kappa shape index (κ1) is 9.68. The fourth-order valence-corrected chi connectivity index (χ4v) is 1.29. The third-order valence-electron chi connectivity index (χ3n) is 1.54. The summed E-state index contributed by atoms with van der Waals surface area (Å²) >= 11 is 3.09. The van der Waals surface area contributed by atoms with Crippen molar-refractivity contribution in [3.05, 3.63) is 34.1 Å². The molecule has 3 heteroatoms. The summed E-state index contributed by atoms with van der Waals surface area (Å²) in [6, 6.07) is 5.15. The van der Waals surface area contributed by atoms with Crippen LogP contribution in [0.2, 0.25) is 0 Å². The van der Waals surface area contributed by atoms with Gasteiger partial charge in [0.05, 0.1) is 4.47 Å². The predicted octanol–water partition coefficient (Wildman–Crippen LogP) is 2.48. The highest BCUT2D eigenvalue weighted by atomic mass is 79.9. The van der Waals surface area contributed by atoms with Crippen molar-refractivity contribution in [3.63, 3.8) is 0 Å². The van der Waals surface area contributed by atoms with Gasteiger partial charge in [-0.3, -0.25) is 0 Å². The maximum absolute atomic E-state index is 12.9. The summed E-state index contributed by atoms with van der Waals surface area (Å²) in [7, 11) is 0. The number of hydrogen-bond acceptors (Lipinski definition) is 1. The van der Waals surface area contributed by atoms with E-state index in [0.717, 1.165) is 5.56 Å². The lowest BCUT2D eigenvalue weighted by Gasteiger charge is -2.05. The summed E-state index contributed by atoms with van der Waals surface area (Å²) in [6.45, 7) is 1.90. The highest BCUT2D eigenvalue weighted by Gasteiger charge is 2.02. The van der Waals surface area contributed by atoms with E-state index in [2.05, 4.69) is 15.9 Å². The van der Waals surface area contributed by atoms with Crippen molar-refractivity contribution in [2.24, 2.45) is 5.73 Å². The molecule has 0 saturated heterocycles. The van der Waals surface area contributed by atoms with Crippen LogP contribution in [0.15, 0.2) is 22.7 Å². The molecular formula is C9H11BrFN. The van der Waals surface area contributed by atoms with Gasteiger partial charge in [-0.05, 0) is 47.0 Å². The van der Waals surface area contributed by atoms with Gasteiger partial charge in [-0.2, -0.15) is 0 Å². The van der Waals surface area contributed by atoms with Crippen LogP contribution in [0.5, 0.6) is 0 Å². The number of hydrogen-bond donors (Lipinski definition) is 1. The van der Waals surface area contributed by atoms with Crippen LogP contribution < -0.4 is 5.73 Å².